The number of halogens is 1. The van der Waals surface area contributed by atoms with Crippen molar-refractivity contribution in [2.45, 2.75) is 18.9 Å². The number of methoxy groups -OCH3 is 2. The molecular formula is C27H23ClN8O4. The molecule has 12 nitrogen and oxygen atoms in total. The van der Waals surface area contributed by atoms with Crippen LogP contribution in [0, 0.1) is 0 Å². The molecule has 1 atom stereocenters. The fourth-order valence-corrected chi connectivity index (χ4v) is 5.20. The summed E-state index contributed by atoms with van der Waals surface area (Å²) in [5, 5.41) is 14.6. The zero-order valence-corrected chi connectivity index (χ0v) is 22.2. The number of amides is 1. The van der Waals surface area contributed by atoms with Gasteiger partial charge in [0.15, 0.2) is 0 Å². The van der Waals surface area contributed by atoms with Gasteiger partial charge in [0.05, 0.1) is 37.8 Å². The molecule has 0 bridgehead atoms. The highest BCUT2D eigenvalue weighted by atomic mass is 35.5. The van der Waals surface area contributed by atoms with Gasteiger partial charge in [-0.3, -0.25) is 10.1 Å². The van der Waals surface area contributed by atoms with E-state index in [1.165, 1.54) is 18.1 Å². The minimum absolute atomic E-state index is 0.147. The molecule has 2 N–H and O–H groups in total. The van der Waals surface area contributed by atoms with Crippen LogP contribution in [0.3, 0.4) is 0 Å². The number of carbonyl (C=O) groups excluding carboxylic acids is 1. The smallest absolute Gasteiger partial charge is 0.411 e. The molecule has 4 heterocycles. The van der Waals surface area contributed by atoms with Crippen LogP contribution < -0.4 is 15.6 Å². The van der Waals surface area contributed by atoms with Crippen molar-refractivity contribution in [3.8, 4) is 33.8 Å². The number of aromatic nitrogens is 7. The van der Waals surface area contributed by atoms with Gasteiger partial charge in [0.1, 0.15) is 17.9 Å². The van der Waals surface area contributed by atoms with Gasteiger partial charge in [0.25, 0.3) is 5.56 Å². The summed E-state index contributed by atoms with van der Waals surface area (Å²) in [5.74, 6) is 1.21. The van der Waals surface area contributed by atoms with E-state index in [0.717, 1.165) is 28.1 Å². The second-order valence-electron chi connectivity index (χ2n) is 9.13. The Kier molecular flexibility index (Phi) is 6.52. The number of nitrogens with one attached hydrogen (secondary N) is 2. The second kappa shape index (κ2) is 10.3. The Hall–Kier alpha value is -4.97. The summed E-state index contributed by atoms with van der Waals surface area (Å²) in [6.07, 6.45) is 4.04. The first-order valence-electron chi connectivity index (χ1n) is 12.3. The van der Waals surface area contributed by atoms with Crippen molar-refractivity contribution in [3.63, 3.8) is 0 Å². The molecule has 0 spiro atoms. The summed E-state index contributed by atoms with van der Waals surface area (Å²) >= 11 is 6.31. The molecule has 3 aromatic heterocycles. The number of rotatable bonds is 6. The standard InChI is InChI=1S/C27H23ClN8O4/c1-39-24-12-17(31-27(38)40-2)4-6-19(24)21-13-29-26(32-21)23-8-5-18-9-15(10-25(37)36(18)23)20-11-16(28)3-7-22(20)35-14-30-33-34-35/h3-4,6-7,9-14,23H,5,8H2,1-2H3,(H,29,32)(H,31,38)/t23-/m0/s1. The SMILES string of the molecule is COC(=O)Nc1ccc(-c2cnc([C@@H]3CCc4cc(-c5cc(Cl)ccc5-n5cnnn5)cc(=O)n43)[nH]2)c(OC)c1. The van der Waals surface area contributed by atoms with Gasteiger partial charge in [-0.2, -0.15) is 4.68 Å². The zero-order valence-electron chi connectivity index (χ0n) is 21.5. The number of anilines is 1. The Balaban J connectivity index is 1.33. The summed E-state index contributed by atoms with van der Waals surface area (Å²) in [6.45, 7) is 0. The van der Waals surface area contributed by atoms with Gasteiger partial charge in [-0.15, -0.1) is 5.10 Å². The van der Waals surface area contributed by atoms with Gasteiger partial charge in [-0.1, -0.05) is 11.6 Å². The first kappa shape index (κ1) is 25.3. The monoisotopic (exact) mass is 558 g/mol. The first-order valence-corrected chi connectivity index (χ1v) is 12.7. The van der Waals surface area contributed by atoms with E-state index in [1.54, 1.807) is 48.2 Å². The highest BCUT2D eigenvalue weighted by molar-refractivity contribution is 6.31. The molecule has 202 valence electrons. The van der Waals surface area contributed by atoms with E-state index in [-0.39, 0.29) is 11.6 Å². The van der Waals surface area contributed by atoms with Gasteiger partial charge in [0, 0.05) is 39.7 Å². The first-order chi connectivity index (χ1) is 19.4. The number of ether oxygens (including phenoxy) is 2. The van der Waals surface area contributed by atoms with Crippen LogP contribution in [0.15, 0.2) is 65.8 Å². The van der Waals surface area contributed by atoms with Crippen molar-refractivity contribution in [1.82, 2.24) is 34.7 Å². The van der Waals surface area contributed by atoms with Gasteiger partial charge in [-0.05, 0) is 65.2 Å². The number of H-pyrrole nitrogens is 1. The quantitative estimate of drug-likeness (QED) is 0.315. The van der Waals surface area contributed by atoms with Gasteiger partial charge < -0.3 is 19.0 Å². The highest BCUT2D eigenvalue weighted by Gasteiger charge is 2.28. The van der Waals surface area contributed by atoms with Gasteiger partial charge >= 0.3 is 6.09 Å². The lowest BCUT2D eigenvalue weighted by Crippen LogP contribution is -2.23. The van der Waals surface area contributed by atoms with E-state index in [2.05, 4.69) is 35.5 Å². The lowest BCUT2D eigenvalue weighted by Gasteiger charge is -2.15. The summed E-state index contributed by atoms with van der Waals surface area (Å²) < 4.78 is 13.5. The molecule has 5 aromatic rings. The lowest BCUT2D eigenvalue weighted by molar-refractivity contribution is 0.187. The number of nitrogens with zero attached hydrogens (tertiary/aromatic N) is 6. The van der Waals surface area contributed by atoms with Crippen LogP contribution in [0.25, 0.3) is 28.1 Å². The van der Waals surface area contributed by atoms with Crippen LogP contribution in [-0.4, -0.2) is 55.1 Å². The Morgan fingerprint density at radius 3 is 2.77 bits per heavy atom. The zero-order chi connectivity index (χ0) is 27.8. The van der Waals surface area contributed by atoms with E-state index in [1.807, 2.05) is 18.2 Å². The summed E-state index contributed by atoms with van der Waals surface area (Å²) in [6, 6.07) is 14.0. The van der Waals surface area contributed by atoms with Crippen LogP contribution in [-0.2, 0) is 11.2 Å². The number of aryl methyl sites for hydroxylation is 1. The summed E-state index contributed by atoms with van der Waals surface area (Å²) in [7, 11) is 2.85. The molecular weight excluding hydrogens is 536 g/mol. The number of pyridine rings is 1. The van der Waals surface area contributed by atoms with E-state index in [4.69, 9.17) is 16.3 Å². The van der Waals surface area contributed by atoms with Crippen molar-refractivity contribution in [3.05, 3.63) is 87.9 Å². The fourth-order valence-electron chi connectivity index (χ4n) is 5.02. The number of benzene rings is 2. The maximum atomic E-state index is 13.5. The molecule has 0 unspecified atom stereocenters. The molecule has 0 aliphatic carbocycles. The maximum Gasteiger partial charge on any atom is 0.411 e. The minimum Gasteiger partial charge on any atom is -0.496 e. The molecule has 2 aromatic carbocycles. The number of aromatic amines is 1. The van der Waals surface area contributed by atoms with Crippen LogP contribution >= 0.6 is 11.6 Å². The molecule has 1 amide bonds. The molecule has 40 heavy (non-hydrogen) atoms. The molecule has 1 aliphatic rings. The normalized spacial score (nSPS) is 14.1. The van der Waals surface area contributed by atoms with Crippen molar-refractivity contribution >= 4 is 23.4 Å². The molecule has 0 saturated carbocycles. The van der Waals surface area contributed by atoms with E-state index in [0.29, 0.717) is 40.8 Å². The maximum absolute atomic E-state index is 13.5. The highest BCUT2D eigenvalue weighted by Crippen LogP contribution is 2.36. The average molecular weight is 559 g/mol. The number of carbonyl (C=O) groups is 1. The van der Waals surface area contributed by atoms with Crippen LogP contribution in [0.2, 0.25) is 5.02 Å². The molecule has 1 aliphatic heterocycles. The molecule has 0 radical (unpaired) electrons. The van der Waals surface area contributed by atoms with Crippen molar-refractivity contribution in [1.29, 1.82) is 0 Å². The topological polar surface area (TPSA) is 142 Å². The third-order valence-electron chi connectivity index (χ3n) is 6.83. The Morgan fingerprint density at radius 2 is 2.00 bits per heavy atom. The minimum atomic E-state index is -0.575. The Bertz CT molecular complexity index is 1780. The average Bonchev–Trinajstić information content (AvgIpc) is 3.74. The number of hydrogen-bond acceptors (Lipinski definition) is 8. The van der Waals surface area contributed by atoms with Crippen LogP contribution in [0.1, 0.15) is 24.0 Å². The number of tetrazole rings is 1. The fraction of sp³-hybridized carbons (Fsp3) is 0.185. The van der Waals surface area contributed by atoms with Crippen LogP contribution in [0.5, 0.6) is 5.75 Å². The molecule has 6 rings (SSSR count). The third-order valence-corrected chi connectivity index (χ3v) is 7.07. The number of fused-ring (bicyclic) bond motifs is 1. The van der Waals surface area contributed by atoms with Crippen LogP contribution in [0.4, 0.5) is 10.5 Å². The second-order valence-corrected chi connectivity index (χ2v) is 9.56. The van der Waals surface area contributed by atoms with Gasteiger partial charge in [0.2, 0.25) is 0 Å². The molecule has 0 saturated heterocycles. The molecule has 13 heteroatoms. The third kappa shape index (κ3) is 4.58. The molecule has 0 fully saturated rings. The van der Waals surface area contributed by atoms with E-state index < -0.39 is 6.09 Å². The van der Waals surface area contributed by atoms with E-state index >= 15 is 0 Å². The number of imidazole rings is 1. The van der Waals surface area contributed by atoms with Gasteiger partial charge in [-0.25, -0.2) is 9.78 Å². The van der Waals surface area contributed by atoms with Crippen molar-refractivity contribution in [2.75, 3.05) is 19.5 Å². The summed E-state index contributed by atoms with van der Waals surface area (Å²) in [5.41, 5.74) is 4.95. The van der Waals surface area contributed by atoms with Crippen molar-refractivity contribution in [2.24, 2.45) is 0 Å². The predicted octanol–water partition coefficient (Wildman–Crippen LogP) is 4.26. The predicted molar refractivity (Wildman–Crippen MR) is 147 cm³/mol. The lowest BCUT2D eigenvalue weighted by atomic mass is 10.0. The largest absolute Gasteiger partial charge is 0.496 e. The Labute approximate surface area is 232 Å². The van der Waals surface area contributed by atoms with E-state index in [9.17, 15) is 9.59 Å². The van der Waals surface area contributed by atoms with Crippen molar-refractivity contribution < 1.29 is 14.3 Å². The number of hydrogen-bond donors (Lipinski definition) is 2. The summed E-state index contributed by atoms with van der Waals surface area (Å²) in [4.78, 5) is 33.0. The Morgan fingerprint density at radius 1 is 1.12 bits per heavy atom.